The topological polar surface area (TPSA) is 119 Å². The third-order valence-electron chi connectivity index (χ3n) is 1.93. The van der Waals surface area contributed by atoms with E-state index in [0.29, 0.717) is 0 Å². The van der Waals surface area contributed by atoms with Gasteiger partial charge in [-0.25, -0.2) is 0 Å². The molecule has 92 valence electrons. The third-order valence-corrected chi connectivity index (χ3v) is 1.93. The first-order chi connectivity index (χ1) is 7.82. The number of nitro benzene ring substituents is 2. The van der Waals surface area contributed by atoms with Gasteiger partial charge in [-0.1, -0.05) is 0 Å². The molecule has 2 N–H and O–H groups in total. The van der Waals surface area contributed by atoms with Gasteiger partial charge >= 0.3 is 5.69 Å². The smallest absolute Gasteiger partial charge is 0.317 e. The number of nitrogens with zero attached hydrogens (tertiary/aromatic N) is 2. The second-order valence-corrected chi connectivity index (χ2v) is 3.67. The molecule has 1 aromatic rings. The van der Waals surface area contributed by atoms with Crippen molar-refractivity contribution in [2.24, 2.45) is 0 Å². The van der Waals surface area contributed by atoms with Crippen LogP contribution in [0.4, 0.5) is 17.1 Å². The van der Waals surface area contributed by atoms with Crippen LogP contribution in [-0.4, -0.2) is 21.0 Å². The first-order valence-corrected chi connectivity index (χ1v) is 4.75. The van der Waals surface area contributed by atoms with E-state index < -0.39 is 27.0 Å². The molecule has 0 aliphatic rings. The Balaban J connectivity index is 3.35. The molecule has 1 rings (SSSR count). The fourth-order valence-corrected chi connectivity index (χ4v) is 1.29. The van der Waals surface area contributed by atoms with Gasteiger partial charge in [0.1, 0.15) is 5.69 Å². The van der Waals surface area contributed by atoms with Gasteiger partial charge in [-0.05, 0) is 13.8 Å². The van der Waals surface area contributed by atoms with E-state index in [1.54, 1.807) is 13.8 Å². The molecule has 0 aliphatic heterocycles. The summed E-state index contributed by atoms with van der Waals surface area (Å²) in [5.41, 5.74) is -1.08. The maximum Gasteiger partial charge on any atom is 0.317 e. The van der Waals surface area contributed by atoms with Crippen LogP contribution in [0.15, 0.2) is 12.1 Å². The van der Waals surface area contributed by atoms with Crippen molar-refractivity contribution in [3.8, 4) is 5.75 Å². The highest BCUT2D eigenvalue weighted by Crippen LogP contribution is 2.36. The van der Waals surface area contributed by atoms with Crippen molar-refractivity contribution in [1.29, 1.82) is 0 Å². The number of nitro groups is 2. The molecule has 8 nitrogen and oxygen atoms in total. The summed E-state index contributed by atoms with van der Waals surface area (Å²) in [5.74, 6) is -0.608. The molecule has 0 unspecified atom stereocenters. The summed E-state index contributed by atoms with van der Waals surface area (Å²) in [5, 5.41) is 33.4. The summed E-state index contributed by atoms with van der Waals surface area (Å²) < 4.78 is 0. The zero-order valence-electron chi connectivity index (χ0n) is 9.21. The Bertz CT molecular complexity index is 472. The predicted molar refractivity (Wildman–Crippen MR) is 60.2 cm³/mol. The fraction of sp³-hybridized carbons (Fsp3) is 0.333. The van der Waals surface area contributed by atoms with Gasteiger partial charge in [-0.2, -0.15) is 0 Å². The maximum absolute atomic E-state index is 10.8. The highest BCUT2D eigenvalue weighted by Gasteiger charge is 2.24. The average Bonchev–Trinajstić information content (AvgIpc) is 2.15. The van der Waals surface area contributed by atoms with Gasteiger partial charge in [-0.3, -0.25) is 20.2 Å². The molecule has 0 aliphatic carbocycles. The minimum absolute atomic E-state index is 0.0492. The number of rotatable bonds is 4. The lowest BCUT2D eigenvalue weighted by Gasteiger charge is -2.10. The maximum atomic E-state index is 10.8. The summed E-state index contributed by atoms with van der Waals surface area (Å²) in [6, 6.07) is 1.62. The number of hydrogen-bond acceptors (Lipinski definition) is 6. The van der Waals surface area contributed by atoms with E-state index in [9.17, 15) is 25.3 Å². The van der Waals surface area contributed by atoms with Crippen molar-refractivity contribution in [3.63, 3.8) is 0 Å². The van der Waals surface area contributed by atoms with Crippen LogP contribution in [0.3, 0.4) is 0 Å². The molecular weight excluding hydrogens is 230 g/mol. The monoisotopic (exact) mass is 241 g/mol. The lowest BCUT2D eigenvalue weighted by Crippen LogP contribution is -2.11. The molecule has 0 atom stereocenters. The first-order valence-electron chi connectivity index (χ1n) is 4.75. The van der Waals surface area contributed by atoms with E-state index in [1.165, 1.54) is 0 Å². The molecule has 8 heteroatoms. The molecule has 0 amide bonds. The Kier molecular flexibility index (Phi) is 3.46. The minimum atomic E-state index is -0.874. The van der Waals surface area contributed by atoms with Gasteiger partial charge in [0.25, 0.3) is 5.69 Å². The van der Waals surface area contributed by atoms with E-state index in [1.807, 2.05) is 0 Å². The standard InChI is InChI=1S/C9H11N3O5/c1-5(2)10-6-3-9(13)8(12(16)17)4-7(6)11(14)15/h3-5,10,13H,1-2H3. The van der Waals surface area contributed by atoms with Gasteiger partial charge in [-0.15, -0.1) is 0 Å². The molecule has 0 aromatic heterocycles. The number of anilines is 1. The summed E-state index contributed by atoms with van der Waals surface area (Å²) in [6.07, 6.45) is 0. The van der Waals surface area contributed by atoms with Crippen LogP contribution in [0.5, 0.6) is 5.75 Å². The van der Waals surface area contributed by atoms with E-state index in [2.05, 4.69) is 5.32 Å². The van der Waals surface area contributed by atoms with Crippen molar-refractivity contribution in [2.75, 3.05) is 5.32 Å². The van der Waals surface area contributed by atoms with Gasteiger partial charge in [0, 0.05) is 12.1 Å². The molecule has 1 aromatic carbocycles. The Labute approximate surface area is 96.2 Å². The summed E-state index contributed by atoms with van der Waals surface area (Å²) in [7, 11) is 0. The van der Waals surface area contributed by atoms with Crippen LogP contribution in [0.1, 0.15) is 13.8 Å². The zero-order chi connectivity index (χ0) is 13.2. The van der Waals surface area contributed by atoms with Gasteiger partial charge < -0.3 is 10.4 Å². The van der Waals surface area contributed by atoms with E-state index >= 15 is 0 Å². The summed E-state index contributed by atoms with van der Waals surface area (Å²) in [4.78, 5) is 19.7. The summed E-state index contributed by atoms with van der Waals surface area (Å²) >= 11 is 0. The Morgan fingerprint density at radius 3 is 2.12 bits per heavy atom. The molecule has 0 saturated carbocycles. The fourth-order valence-electron chi connectivity index (χ4n) is 1.29. The van der Waals surface area contributed by atoms with Gasteiger partial charge in [0.2, 0.25) is 0 Å². The van der Waals surface area contributed by atoms with E-state index in [0.717, 1.165) is 12.1 Å². The number of aromatic hydroxyl groups is 1. The van der Waals surface area contributed by atoms with Crippen LogP contribution < -0.4 is 5.32 Å². The highest BCUT2D eigenvalue weighted by molar-refractivity contribution is 5.70. The second kappa shape index (κ2) is 4.64. The van der Waals surface area contributed by atoms with Crippen molar-refractivity contribution in [1.82, 2.24) is 0 Å². The molecular formula is C9H11N3O5. The number of benzene rings is 1. The van der Waals surface area contributed by atoms with Crippen LogP contribution in [0.25, 0.3) is 0 Å². The minimum Gasteiger partial charge on any atom is -0.502 e. The first kappa shape index (κ1) is 12.7. The van der Waals surface area contributed by atoms with Crippen LogP contribution in [-0.2, 0) is 0 Å². The molecule has 0 saturated heterocycles. The Morgan fingerprint density at radius 2 is 1.71 bits per heavy atom. The molecule has 0 heterocycles. The molecule has 0 spiro atoms. The second-order valence-electron chi connectivity index (χ2n) is 3.67. The van der Waals surface area contributed by atoms with Crippen molar-refractivity contribution < 1.29 is 15.0 Å². The summed E-state index contributed by atoms with van der Waals surface area (Å²) in [6.45, 7) is 3.50. The quantitative estimate of drug-likeness (QED) is 0.614. The molecule has 17 heavy (non-hydrogen) atoms. The molecule has 0 fully saturated rings. The SMILES string of the molecule is CC(C)Nc1cc(O)c([N+](=O)[O-])cc1[N+](=O)[O-]. The number of nitrogens with one attached hydrogen (secondary N) is 1. The average molecular weight is 241 g/mol. The van der Waals surface area contributed by atoms with Gasteiger partial charge in [0.05, 0.1) is 15.9 Å². The van der Waals surface area contributed by atoms with Crippen molar-refractivity contribution >= 4 is 17.1 Å². The zero-order valence-corrected chi connectivity index (χ0v) is 9.21. The van der Waals surface area contributed by atoms with Gasteiger partial charge in [0.15, 0.2) is 5.75 Å². The van der Waals surface area contributed by atoms with Crippen molar-refractivity contribution in [2.45, 2.75) is 19.9 Å². The predicted octanol–water partition coefficient (Wildman–Crippen LogP) is 2.03. The number of phenols is 1. The lowest BCUT2D eigenvalue weighted by molar-refractivity contribution is -0.394. The normalized spacial score (nSPS) is 10.3. The molecule has 0 radical (unpaired) electrons. The van der Waals surface area contributed by atoms with Crippen LogP contribution in [0, 0.1) is 20.2 Å². The van der Waals surface area contributed by atoms with Crippen LogP contribution >= 0.6 is 0 Å². The third kappa shape index (κ3) is 2.80. The van der Waals surface area contributed by atoms with Crippen LogP contribution in [0.2, 0.25) is 0 Å². The largest absolute Gasteiger partial charge is 0.502 e. The Morgan fingerprint density at radius 1 is 1.18 bits per heavy atom. The number of phenolic OH excluding ortho intramolecular Hbond substituents is 1. The van der Waals surface area contributed by atoms with E-state index in [-0.39, 0.29) is 11.7 Å². The van der Waals surface area contributed by atoms with E-state index in [4.69, 9.17) is 0 Å². The highest BCUT2D eigenvalue weighted by atomic mass is 16.6. The lowest BCUT2D eigenvalue weighted by atomic mass is 10.2. The number of hydrogen-bond donors (Lipinski definition) is 2. The molecule has 0 bridgehead atoms. The Hall–Kier alpha value is -2.38. The van der Waals surface area contributed by atoms with Crippen molar-refractivity contribution in [3.05, 3.63) is 32.4 Å².